The number of hydrogen-bond acceptors (Lipinski definition) is 5. The molecule has 1 rings (SSSR count). The molecule has 0 aliphatic heterocycles. The van der Waals surface area contributed by atoms with Gasteiger partial charge in [0, 0.05) is 0 Å². The predicted octanol–water partition coefficient (Wildman–Crippen LogP) is 2.61. The number of nitroso groups, excluding NO2 is 1. The van der Waals surface area contributed by atoms with Crippen molar-refractivity contribution in [1.29, 1.82) is 0 Å². The molecule has 0 fully saturated rings. The lowest BCUT2D eigenvalue weighted by molar-refractivity contribution is -0.148. The number of hydrogen-bond donors (Lipinski definition) is 0. The van der Waals surface area contributed by atoms with Crippen LogP contribution in [0.4, 0.5) is 5.69 Å². The van der Waals surface area contributed by atoms with Gasteiger partial charge < -0.3 is 4.74 Å². The summed E-state index contributed by atoms with van der Waals surface area (Å²) in [6, 6.07) is 5.84. The summed E-state index contributed by atoms with van der Waals surface area (Å²) in [5, 5.41) is 2.69. The Morgan fingerprint density at radius 3 is 2.29 bits per heavy atom. The van der Waals surface area contributed by atoms with Gasteiger partial charge in [-0.15, -0.1) is 4.91 Å². The first kappa shape index (κ1) is 13.0. The molecule has 90 valence electrons. The molecule has 0 saturated carbocycles. The van der Waals surface area contributed by atoms with E-state index in [4.69, 9.17) is 4.74 Å². The molecule has 0 N–H and O–H groups in total. The van der Waals surface area contributed by atoms with Crippen LogP contribution >= 0.6 is 0 Å². The molecule has 0 heterocycles. The molecule has 5 heteroatoms. The second-order valence-corrected chi connectivity index (χ2v) is 4.44. The fourth-order valence-corrected chi connectivity index (χ4v) is 1.18. The Labute approximate surface area is 98.8 Å². The van der Waals surface area contributed by atoms with E-state index in [1.807, 2.05) is 0 Å². The minimum absolute atomic E-state index is 0.0447. The van der Waals surface area contributed by atoms with Crippen molar-refractivity contribution in [1.82, 2.24) is 0 Å². The highest BCUT2D eigenvalue weighted by Crippen LogP contribution is 2.20. The maximum Gasteiger partial charge on any atom is 0.380 e. The zero-order valence-corrected chi connectivity index (χ0v) is 9.89. The standard InChI is InChI=1S/C12H13NO4/c1-12(2,3)17-11(15)10(14)8-6-4-5-7-9(8)13-16/h4-7H,1-3H3. The summed E-state index contributed by atoms with van der Waals surface area (Å²) in [5.41, 5.74) is -0.865. The highest BCUT2D eigenvalue weighted by Gasteiger charge is 2.25. The summed E-state index contributed by atoms with van der Waals surface area (Å²) in [6.07, 6.45) is 0. The lowest BCUT2D eigenvalue weighted by atomic mass is 10.1. The average molecular weight is 235 g/mol. The van der Waals surface area contributed by atoms with Crippen LogP contribution in [0.5, 0.6) is 0 Å². The smallest absolute Gasteiger partial charge is 0.380 e. The molecule has 0 spiro atoms. The number of rotatable bonds is 3. The van der Waals surface area contributed by atoms with Gasteiger partial charge in [0.1, 0.15) is 11.3 Å². The maximum absolute atomic E-state index is 11.7. The number of nitrogens with zero attached hydrogens (tertiary/aromatic N) is 1. The van der Waals surface area contributed by atoms with Crippen molar-refractivity contribution in [3.63, 3.8) is 0 Å². The Hall–Kier alpha value is -2.04. The van der Waals surface area contributed by atoms with Crippen molar-refractivity contribution in [3.05, 3.63) is 34.7 Å². The van der Waals surface area contributed by atoms with Gasteiger partial charge in [-0.05, 0) is 38.1 Å². The van der Waals surface area contributed by atoms with Crippen LogP contribution in [0.3, 0.4) is 0 Å². The number of Topliss-reactive ketones (excluding diaryl/α,β-unsaturated/α-hetero) is 1. The number of ketones is 1. The molecule has 0 unspecified atom stereocenters. The van der Waals surface area contributed by atoms with Gasteiger partial charge in [-0.3, -0.25) is 4.79 Å². The molecule has 0 aliphatic carbocycles. The van der Waals surface area contributed by atoms with Crippen LogP contribution in [0.2, 0.25) is 0 Å². The van der Waals surface area contributed by atoms with Crippen LogP contribution in [-0.2, 0) is 9.53 Å². The number of benzene rings is 1. The first-order chi connectivity index (χ1) is 7.85. The molecular weight excluding hydrogens is 222 g/mol. The molecule has 17 heavy (non-hydrogen) atoms. The van der Waals surface area contributed by atoms with E-state index in [9.17, 15) is 14.5 Å². The van der Waals surface area contributed by atoms with Gasteiger partial charge in [0.25, 0.3) is 5.78 Å². The highest BCUT2D eigenvalue weighted by atomic mass is 16.6. The van der Waals surface area contributed by atoms with E-state index in [2.05, 4.69) is 5.18 Å². The predicted molar refractivity (Wildman–Crippen MR) is 62.1 cm³/mol. The van der Waals surface area contributed by atoms with Gasteiger partial charge in [0.15, 0.2) is 0 Å². The van der Waals surface area contributed by atoms with E-state index in [-0.39, 0.29) is 11.3 Å². The van der Waals surface area contributed by atoms with E-state index >= 15 is 0 Å². The van der Waals surface area contributed by atoms with Crippen LogP contribution in [0.1, 0.15) is 31.1 Å². The third kappa shape index (κ3) is 3.48. The Bertz CT molecular complexity index is 460. The quantitative estimate of drug-likeness (QED) is 0.349. The van der Waals surface area contributed by atoms with E-state index in [1.54, 1.807) is 32.9 Å². The molecule has 1 aromatic carbocycles. The summed E-state index contributed by atoms with van der Waals surface area (Å²) < 4.78 is 4.92. The lowest BCUT2D eigenvalue weighted by Crippen LogP contribution is -2.29. The first-order valence-corrected chi connectivity index (χ1v) is 5.05. The molecule has 0 aliphatic rings. The van der Waals surface area contributed by atoms with Crippen molar-refractivity contribution < 1.29 is 14.3 Å². The molecule has 1 aromatic rings. The average Bonchev–Trinajstić information content (AvgIpc) is 2.25. The fraction of sp³-hybridized carbons (Fsp3) is 0.333. The van der Waals surface area contributed by atoms with E-state index in [0.29, 0.717) is 0 Å². The monoisotopic (exact) mass is 235 g/mol. The van der Waals surface area contributed by atoms with Crippen molar-refractivity contribution >= 4 is 17.4 Å². The van der Waals surface area contributed by atoms with Gasteiger partial charge in [-0.2, -0.15) is 0 Å². The summed E-state index contributed by atoms with van der Waals surface area (Å²) in [4.78, 5) is 33.7. The summed E-state index contributed by atoms with van der Waals surface area (Å²) in [5.74, 6) is -1.86. The molecule has 5 nitrogen and oxygen atoms in total. The van der Waals surface area contributed by atoms with E-state index in [1.165, 1.54) is 12.1 Å². The highest BCUT2D eigenvalue weighted by molar-refractivity contribution is 6.41. The van der Waals surface area contributed by atoms with Crippen LogP contribution < -0.4 is 0 Å². The number of carbonyl (C=O) groups is 2. The molecular formula is C12H13NO4. The number of esters is 1. The molecule has 0 radical (unpaired) electrons. The Morgan fingerprint density at radius 2 is 1.76 bits per heavy atom. The Balaban J connectivity index is 2.97. The van der Waals surface area contributed by atoms with Gasteiger partial charge in [0.2, 0.25) is 0 Å². The van der Waals surface area contributed by atoms with Gasteiger partial charge in [-0.1, -0.05) is 12.1 Å². The minimum Gasteiger partial charge on any atom is -0.454 e. The maximum atomic E-state index is 11.7. The summed E-state index contributed by atoms with van der Waals surface area (Å²) >= 11 is 0. The van der Waals surface area contributed by atoms with Gasteiger partial charge in [-0.25, -0.2) is 4.79 Å². The zero-order valence-electron chi connectivity index (χ0n) is 9.89. The number of carbonyl (C=O) groups excluding carboxylic acids is 2. The van der Waals surface area contributed by atoms with Crippen LogP contribution in [0, 0.1) is 4.91 Å². The normalized spacial score (nSPS) is 10.8. The third-order valence-electron chi connectivity index (χ3n) is 1.83. The van der Waals surface area contributed by atoms with E-state index in [0.717, 1.165) is 0 Å². The largest absolute Gasteiger partial charge is 0.454 e. The molecule has 0 amide bonds. The van der Waals surface area contributed by atoms with E-state index < -0.39 is 17.4 Å². The van der Waals surface area contributed by atoms with Crippen LogP contribution in [-0.4, -0.2) is 17.4 Å². The van der Waals surface area contributed by atoms with Gasteiger partial charge in [0.05, 0.1) is 5.56 Å². The molecule has 0 saturated heterocycles. The Morgan fingerprint density at radius 1 is 1.18 bits per heavy atom. The van der Waals surface area contributed by atoms with Crippen LogP contribution in [0.25, 0.3) is 0 Å². The second-order valence-electron chi connectivity index (χ2n) is 4.44. The lowest BCUT2D eigenvalue weighted by Gasteiger charge is -2.18. The third-order valence-corrected chi connectivity index (χ3v) is 1.83. The fourth-order valence-electron chi connectivity index (χ4n) is 1.18. The zero-order chi connectivity index (χ0) is 13.1. The van der Waals surface area contributed by atoms with Crippen molar-refractivity contribution in [2.45, 2.75) is 26.4 Å². The van der Waals surface area contributed by atoms with Crippen molar-refractivity contribution in [2.75, 3.05) is 0 Å². The molecule has 0 bridgehead atoms. The van der Waals surface area contributed by atoms with Gasteiger partial charge >= 0.3 is 5.97 Å². The number of ether oxygens (including phenoxy) is 1. The molecule has 0 atom stereocenters. The summed E-state index contributed by atoms with van der Waals surface area (Å²) in [7, 11) is 0. The van der Waals surface area contributed by atoms with Crippen molar-refractivity contribution in [2.24, 2.45) is 5.18 Å². The van der Waals surface area contributed by atoms with Crippen molar-refractivity contribution in [3.8, 4) is 0 Å². The second kappa shape index (κ2) is 4.86. The molecule has 0 aromatic heterocycles. The topological polar surface area (TPSA) is 72.8 Å². The van der Waals surface area contributed by atoms with Crippen LogP contribution in [0.15, 0.2) is 29.4 Å². The summed E-state index contributed by atoms with van der Waals surface area (Å²) in [6.45, 7) is 4.96. The SMILES string of the molecule is CC(C)(C)OC(=O)C(=O)c1ccccc1N=O. The minimum atomic E-state index is -0.992. The Kier molecular flexibility index (Phi) is 3.73. The first-order valence-electron chi connectivity index (χ1n) is 5.05.